The van der Waals surface area contributed by atoms with Crippen molar-refractivity contribution in [3.8, 4) is 5.75 Å². The van der Waals surface area contributed by atoms with Crippen molar-refractivity contribution in [3.05, 3.63) is 28.8 Å². The molecule has 0 radical (unpaired) electrons. The maximum absolute atomic E-state index is 12.4. The van der Waals surface area contributed by atoms with Crippen molar-refractivity contribution < 1.29 is 35.3 Å². The molecular formula is C14H15F3O5S. The van der Waals surface area contributed by atoms with Crippen molar-refractivity contribution in [1.82, 2.24) is 0 Å². The van der Waals surface area contributed by atoms with Crippen molar-refractivity contribution in [2.24, 2.45) is 0 Å². The molecule has 1 atom stereocenters. The van der Waals surface area contributed by atoms with Crippen LogP contribution in [-0.4, -0.2) is 19.9 Å². The van der Waals surface area contributed by atoms with Crippen LogP contribution >= 0.6 is 0 Å². The van der Waals surface area contributed by atoms with E-state index in [1.807, 2.05) is 0 Å². The number of esters is 1. The van der Waals surface area contributed by atoms with Gasteiger partial charge in [-0.3, -0.25) is 4.79 Å². The standard InChI is InChI=1S/C14H15F3O5S/c1-3-13(18)21-11-5-4-9-7-12(8(2)6-10(9)11)22-23(19,20)14(15,16)17/h6-7,11H,3-5H2,1-2H3. The molecule has 1 aliphatic rings. The van der Waals surface area contributed by atoms with Crippen LogP contribution in [0.5, 0.6) is 5.75 Å². The Labute approximate surface area is 131 Å². The molecule has 1 unspecified atom stereocenters. The molecule has 0 aromatic heterocycles. The predicted molar refractivity (Wildman–Crippen MR) is 74.2 cm³/mol. The number of halogens is 3. The Morgan fingerprint density at radius 1 is 1.35 bits per heavy atom. The van der Waals surface area contributed by atoms with Gasteiger partial charge in [-0.25, -0.2) is 0 Å². The molecule has 0 fully saturated rings. The van der Waals surface area contributed by atoms with Gasteiger partial charge in [0.2, 0.25) is 0 Å². The van der Waals surface area contributed by atoms with Crippen LogP contribution in [0.2, 0.25) is 0 Å². The monoisotopic (exact) mass is 352 g/mol. The number of ether oxygens (including phenoxy) is 1. The van der Waals surface area contributed by atoms with E-state index in [4.69, 9.17) is 4.74 Å². The largest absolute Gasteiger partial charge is 0.534 e. The lowest BCUT2D eigenvalue weighted by Crippen LogP contribution is -2.28. The highest BCUT2D eigenvalue weighted by molar-refractivity contribution is 7.88. The molecule has 0 aliphatic heterocycles. The van der Waals surface area contributed by atoms with Crippen LogP contribution in [0.1, 0.15) is 42.6 Å². The van der Waals surface area contributed by atoms with E-state index in [0.717, 1.165) is 0 Å². The second-order valence-electron chi connectivity index (χ2n) is 5.17. The molecule has 0 amide bonds. The van der Waals surface area contributed by atoms with Crippen molar-refractivity contribution in [3.63, 3.8) is 0 Å². The van der Waals surface area contributed by atoms with Gasteiger partial charge in [-0.05, 0) is 48.6 Å². The topological polar surface area (TPSA) is 69.7 Å². The summed E-state index contributed by atoms with van der Waals surface area (Å²) in [5.74, 6) is -0.746. The number of carbonyl (C=O) groups excluding carboxylic acids is 1. The van der Waals surface area contributed by atoms with Crippen LogP contribution < -0.4 is 4.18 Å². The highest BCUT2D eigenvalue weighted by Gasteiger charge is 2.48. The maximum Gasteiger partial charge on any atom is 0.534 e. The van der Waals surface area contributed by atoms with Crippen LogP contribution in [0.25, 0.3) is 0 Å². The average Bonchev–Trinajstić information content (AvgIpc) is 2.80. The average molecular weight is 352 g/mol. The lowest BCUT2D eigenvalue weighted by Gasteiger charge is -2.15. The summed E-state index contributed by atoms with van der Waals surface area (Å²) in [4.78, 5) is 11.4. The number of hydrogen-bond acceptors (Lipinski definition) is 5. The summed E-state index contributed by atoms with van der Waals surface area (Å²) >= 11 is 0. The minimum atomic E-state index is -5.71. The Morgan fingerprint density at radius 2 is 2.00 bits per heavy atom. The number of hydrogen-bond donors (Lipinski definition) is 0. The molecule has 9 heteroatoms. The van der Waals surface area contributed by atoms with Crippen LogP contribution in [0.4, 0.5) is 13.2 Å². The number of benzene rings is 1. The second-order valence-corrected chi connectivity index (χ2v) is 6.71. The number of carbonyl (C=O) groups is 1. The zero-order valence-electron chi connectivity index (χ0n) is 12.4. The Kier molecular flexibility index (Phi) is 4.61. The van der Waals surface area contributed by atoms with Crippen LogP contribution in [0, 0.1) is 6.92 Å². The Balaban J connectivity index is 2.30. The fourth-order valence-electron chi connectivity index (χ4n) is 2.33. The third kappa shape index (κ3) is 3.60. The Morgan fingerprint density at radius 3 is 2.57 bits per heavy atom. The molecule has 0 saturated heterocycles. The van der Waals surface area contributed by atoms with Gasteiger partial charge in [0.1, 0.15) is 11.9 Å². The maximum atomic E-state index is 12.4. The van der Waals surface area contributed by atoms with E-state index in [2.05, 4.69) is 4.18 Å². The molecule has 0 bridgehead atoms. The van der Waals surface area contributed by atoms with Crippen LogP contribution in [0.3, 0.4) is 0 Å². The van der Waals surface area contributed by atoms with Gasteiger partial charge in [-0.15, -0.1) is 0 Å². The molecule has 2 rings (SSSR count). The van der Waals surface area contributed by atoms with Gasteiger partial charge >= 0.3 is 21.6 Å². The number of fused-ring (bicyclic) bond motifs is 1. The summed E-state index contributed by atoms with van der Waals surface area (Å²) < 4.78 is 68.9. The second kappa shape index (κ2) is 6.03. The van der Waals surface area contributed by atoms with Crippen molar-refractivity contribution >= 4 is 16.1 Å². The van der Waals surface area contributed by atoms with E-state index in [9.17, 15) is 26.4 Å². The highest BCUT2D eigenvalue weighted by Crippen LogP contribution is 2.39. The molecule has 0 spiro atoms. The molecule has 128 valence electrons. The van der Waals surface area contributed by atoms with Crippen LogP contribution in [-0.2, 0) is 26.1 Å². The molecule has 0 saturated carbocycles. The smallest absolute Gasteiger partial charge is 0.457 e. The van der Waals surface area contributed by atoms with Gasteiger partial charge in [0, 0.05) is 6.42 Å². The van der Waals surface area contributed by atoms with Gasteiger partial charge in [0.15, 0.2) is 0 Å². The molecule has 1 aromatic rings. The summed E-state index contributed by atoms with van der Waals surface area (Å²) in [6, 6.07) is 2.75. The first-order chi connectivity index (χ1) is 10.5. The van der Waals surface area contributed by atoms with Crippen LogP contribution in [0.15, 0.2) is 12.1 Å². The predicted octanol–water partition coefficient (Wildman–Crippen LogP) is 3.16. The highest BCUT2D eigenvalue weighted by atomic mass is 32.2. The fourth-order valence-corrected chi connectivity index (χ4v) is 2.84. The molecule has 23 heavy (non-hydrogen) atoms. The van der Waals surface area contributed by atoms with E-state index in [1.54, 1.807) is 6.92 Å². The van der Waals surface area contributed by atoms with E-state index < -0.39 is 21.7 Å². The van der Waals surface area contributed by atoms with Crippen molar-refractivity contribution in [2.45, 2.75) is 44.7 Å². The van der Waals surface area contributed by atoms with Crippen molar-refractivity contribution in [1.29, 1.82) is 0 Å². The number of rotatable bonds is 4. The first-order valence-electron chi connectivity index (χ1n) is 6.88. The SMILES string of the molecule is CCC(=O)OC1CCc2cc(OS(=O)(=O)C(F)(F)F)c(C)cc21. The first-order valence-corrected chi connectivity index (χ1v) is 8.29. The van der Waals surface area contributed by atoms with Crippen molar-refractivity contribution in [2.75, 3.05) is 0 Å². The molecule has 0 N–H and O–H groups in total. The fraction of sp³-hybridized carbons (Fsp3) is 0.500. The van der Waals surface area contributed by atoms with Gasteiger partial charge < -0.3 is 8.92 Å². The quantitative estimate of drug-likeness (QED) is 0.473. The normalized spacial score (nSPS) is 17.7. The minimum absolute atomic E-state index is 0.218. The molecule has 5 nitrogen and oxygen atoms in total. The van der Waals surface area contributed by atoms with Gasteiger partial charge in [-0.2, -0.15) is 21.6 Å². The molecule has 1 aromatic carbocycles. The Bertz CT molecular complexity index is 725. The summed E-state index contributed by atoms with van der Waals surface area (Å²) in [5.41, 5.74) is -3.99. The summed E-state index contributed by atoms with van der Waals surface area (Å²) in [6.45, 7) is 3.08. The third-order valence-corrected chi connectivity index (χ3v) is 4.47. The van der Waals surface area contributed by atoms with E-state index in [-0.39, 0.29) is 23.7 Å². The van der Waals surface area contributed by atoms with E-state index >= 15 is 0 Å². The summed E-state index contributed by atoms with van der Waals surface area (Å²) in [7, 11) is -5.71. The molecule has 1 aliphatic carbocycles. The lowest BCUT2D eigenvalue weighted by atomic mass is 10.1. The van der Waals surface area contributed by atoms with Gasteiger partial charge in [0.25, 0.3) is 0 Å². The zero-order chi connectivity index (χ0) is 17.4. The summed E-state index contributed by atoms with van der Waals surface area (Å²) in [5, 5.41) is 0. The van der Waals surface area contributed by atoms with E-state index in [0.29, 0.717) is 24.0 Å². The summed E-state index contributed by atoms with van der Waals surface area (Å²) in [6.07, 6.45) is 0.704. The van der Waals surface area contributed by atoms with Gasteiger partial charge in [0.05, 0.1) is 0 Å². The number of alkyl halides is 3. The van der Waals surface area contributed by atoms with Gasteiger partial charge in [-0.1, -0.05) is 6.92 Å². The first kappa shape index (κ1) is 17.6. The zero-order valence-corrected chi connectivity index (χ0v) is 13.3. The molecule has 0 heterocycles. The third-order valence-electron chi connectivity index (χ3n) is 3.50. The molecular weight excluding hydrogens is 337 g/mol. The Hall–Kier alpha value is -1.77. The minimum Gasteiger partial charge on any atom is -0.457 e. The van der Waals surface area contributed by atoms with E-state index in [1.165, 1.54) is 19.1 Å². The lowest BCUT2D eigenvalue weighted by molar-refractivity contribution is -0.149. The number of aryl methyl sites for hydroxylation is 2.